The largest absolute Gasteiger partial charge is 0.356 e. The van der Waals surface area contributed by atoms with Crippen LogP contribution >= 0.6 is 0 Å². The van der Waals surface area contributed by atoms with E-state index in [2.05, 4.69) is 21.9 Å². The van der Waals surface area contributed by atoms with E-state index in [1.165, 1.54) is 19.3 Å². The van der Waals surface area contributed by atoms with Crippen LogP contribution in [0.3, 0.4) is 0 Å². The summed E-state index contributed by atoms with van der Waals surface area (Å²) in [5, 5.41) is 2.89. The van der Waals surface area contributed by atoms with Crippen LogP contribution in [-0.2, 0) is 14.8 Å². The molecule has 158 valence electrons. The first-order valence-electron chi connectivity index (χ1n) is 10.3. The first-order valence-corrected chi connectivity index (χ1v) is 11.8. The zero-order valence-corrected chi connectivity index (χ0v) is 18.5. The highest BCUT2D eigenvalue weighted by Gasteiger charge is 2.20. The van der Waals surface area contributed by atoms with E-state index < -0.39 is 10.0 Å². The molecule has 1 aliphatic heterocycles. The number of carbonyl (C=O) groups is 1. The van der Waals surface area contributed by atoms with E-state index in [-0.39, 0.29) is 18.9 Å². The van der Waals surface area contributed by atoms with Crippen molar-refractivity contribution < 1.29 is 13.2 Å². The third kappa shape index (κ3) is 6.57. The van der Waals surface area contributed by atoms with Crippen molar-refractivity contribution in [1.82, 2.24) is 14.9 Å². The van der Waals surface area contributed by atoms with E-state index in [1.807, 2.05) is 19.1 Å². The predicted octanol–water partition coefficient (Wildman–Crippen LogP) is 2.66. The van der Waals surface area contributed by atoms with Gasteiger partial charge < -0.3 is 10.2 Å². The number of hydrogen-bond acceptors (Lipinski definition) is 4. The Morgan fingerprint density at radius 2 is 1.82 bits per heavy atom. The van der Waals surface area contributed by atoms with Crippen LogP contribution in [0.4, 0.5) is 0 Å². The molecule has 1 heterocycles. The minimum absolute atomic E-state index is 0.101. The van der Waals surface area contributed by atoms with Gasteiger partial charge >= 0.3 is 0 Å². The molecule has 28 heavy (non-hydrogen) atoms. The van der Waals surface area contributed by atoms with Crippen molar-refractivity contribution in [1.29, 1.82) is 0 Å². The Morgan fingerprint density at radius 3 is 2.46 bits per heavy atom. The van der Waals surface area contributed by atoms with Crippen LogP contribution in [-0.4, -0.2) is 51.4 Å². The molecule has 1 aliphatic rings. The van der Waals surface area contributed by atoms with Crippen molar-refractivity contribution in [3.05, 3.63) is 28.8 Å². The maximum Gasteiger partial charge on any atom is 0.241 e. The maximum absolute atomic E-state index is 12.6. The molecule has 2 rings (SSSR count). The lowest BCUT2D eigenvalue weighted by Gasteiger charge is -2.33. The van der Waals surface area contributed by atoms with Crippen LogP contribution in [0.1, 0.15) is 55.7 Å². The van der Waals surface area contributed by atoms with Gasteiger partial charge in [-0.25, -0.2) is 13.1 Å². The van der Waals surface area contributed by atoms with Gasteiger partial charge in [-0.2, -0.15) is 0 Å². The molecule has 6 nitrogen and oxygen atoms in total. The van der Waals surface area contributed by atoms with Gasteiger partial charge in [0.2, 0.25) is 15.9 Å². The van der Waals surface area contributed by atoms with Crippen molar-refractivity contribution in [2.24, 2.45) is 0 Å². The van der Waals surface area contributed by atoms with E-state index in [4.69, 9.17) is 0 Å². The normalized spacial score (nSPS) is 18.2. The van der Waals surface area contributed by atoms with E-state index in [1.54, 1.807) is 13.8 Å². The summed E-state index contributed by atoms with van der Waals surface area (Å²) in [4.78, 5) is 14.8. The third-order valence-electron chi connectivity index (χ3n) is 5.40. The number of aryl methyl sites for hydroxylation is 3. The second kappa shape index (κ2) is 10.4. The molecule has 0 aromatic heterocycles. The fraction of sp³-hybridized carbons (Fsp3) is 0.667. The molecule has 0 aliphatic carbocycles. The Hall–Kier alpha value is -1.44. The van der Waals surface area contributed by atoms with Crippen LogP contribution in [0.5, 0.6) is 0 Å². The summed E-state index contributed by atoms with van der Waals surface area (Å²) in [6, 6.07) is 4.35. The number of nitrogens with one attached hydrogen (secondary N) is 2. The van der Waals surface area contributed by atoms with Crippen LogP contribution < -0.4 is 10.0 Å². The molecule has 1 fully saturated rings. The first-order chi connectivity index (χ1) is 13.2. The molecule has 0 radical (unpaired) electrons. The third-order valence-corrected chi connectivity index (χ3v) is 7.17. The molecule has 0 bridgehead atoms. The maximum atomic E-state index is 12.6. The average molecular weight is 410 g/mol. The summed E-state index contributed by atoms with van der Waals surface area (Å²) >= 11 is 0. The molecule has 1 amide bonds. The molecule has 1 atom stereocenters. The lowest BCUT2D eigenvalue weighted by molar-refractivity contribution is -0.120. The molecule has 1 aromatic carbocycles. The molecule has 1 saturated heterocycles. The van der Waals surface area contributed by atoms with Crippen molar-refractivity contribution in [3.8, 4) is 0 Å². The van der Waals surface area contributed by atoms with Gasteiger partial charge in [-0.3, -0.25) is 4.79 Å². The van der Waals surface area contributed by atoms with E-state index in [0.717, 1.165) is 36.2 Å². The van der Waals surface area contributed by atoms with Gasteiger partial charge in [0.15, 0.2) is 0 Å². The quantitative estimate of drug-likeness (QED) is 0.615. The molecule has 1 unspecified atom stereocenters. The highest BCUT2D eigenvalue weighted by Crippen LogP contribution is 2.21. The van der Waals surface area contributed by atoms with Gasteiger partial charge in [0, 0.05) is 32.1 Å². The summed E-state index contributed by atoms with van der Waals surface area (Å²) in [6.45, 7) is 10.7. The minimum Gasteiger partial charge on any atom is -0.356 e. The second-order valence-corrected chi connectivity index (χ2v) is 9.66. The highest BCUT2D eigenvalue weighted by atomic mass is 32.2. The van der Waals surface area contributed by atoms with Gasteiger partial charge in [0.05, 0.1) is 4.90 Å². The summed E-state index contributed by atoms with van der Waals surface area (Å²) < 4.78 is 27.7. The lowest BCUT2D eigenvalue weighted by atomic mass is 10.0. The minimum atomic E-state index is -3.62. The summed E-state index contributed by atoms with van der Waals surface area (Å²) in [7, 11) is -3.62. The molecule has 1 aromatic rings. The lowest BCUT2D eigenvalue weighted by Crippen LogP contribution is -2.39. The Balaban J connectivity index is 1.71. The van der Waals surface area contributed by atoms with E-state index in [9.17, 15) is 13.2 Å². The number of sulfonamides is 1. The number of rotatable bonds is 9. The number of piperidine rings is 1. The van der Waals surface area contributed by atoms with Gasteiger partial charge in [-0.1, -0.05) is 24.1 Å². The van der Waals surface area contributed by atoms with Gasteiger partial charge in [-0.05, 0) is 64.6 Å². The van der Waals surface area contributed by atoms with Gasteiger partial charge in [-0.15, -0.1) is 0 Å². The van der Waals surface area contributed by atoms with Gasteiger partial charge in [0.1, 0.15) is 0 Å². The van der Waals surface area contributed by atoms with Crippen LogP contribution in [0.2, 0.25) is 0 Å². The van der Waals surface area contributed by atoms with Gasteiger partial charge in [0.25, 0.3) is 0 Å². The molecule has 0 saturated carbocycles. The SMILES string of the molecule is Cc1cc(C)c(S(=O)(=O)NCCC(=O)NCCCN2CCCCC2C)c(C)c1. The Morgan fingerprint density at radius 1 is 1.14 bits per heavy atom. The predicted molar refractivity (Wildman–Crippen MR) is 113 cm³/mol. The number of hydrogen-bond donors (Lipinski definition) is 2. The van der Waals surface area contributed by atoms with Crippen molar-refractivity contribution in [2.45, 2.75) is 70.7 Å². The average Bonchev–Trinajstić information content (AvgIpc) is 2.58. The zero-order valence-electron chi connectivity index (χ0n) is 17.7. The van der Waals surface area contributed by atoms with E-state index >= 15 is 0 Å². The zero-order chi connectivity index (χ0) is 20.7. The number of nitrogens with zero attached hydrogens (tertiary/aromatic N) is 1. The standard InChI is InChI=1S/C21H35N3O3S/c1-16-14-17(2)21(18(3)15-16)28(26,27)23-11-9-20(25)22-10-7-13-24-12-6-5-8-19(24)4/h14-15,19,23H,5-13H2,1-4H3,(H,22,25). The van der Waals surface area contributed by atoms with Crippen molar-refractivity contribution in [2.75, 3.05) is 26.2 Å². The topological polar surface area (TPSA) is 78.5 Å². The van der Waals surface area contributed by atoms with Crippen LogP contribution in [0, 0.1) is 20.8 Å². The molecule has 2 N–H and O–H groups in total. The van der Waals surface area contributed by atoms with Crippen LogP contribution in [0.25, 0.3) is 0 Å². The number of amides is 1. The van der Waals surface area contributed by atoms with Crippen LogP contribution in [0.15, 0.2) is 17.0 Å². The smallest absolute Gasteiger partial charge is 0.241 e. The Labute approximate surface area is 170 Å². The molecule has 7 heteroatoms. The second-order valence-electron chi connectivity index (χ2n) is 7.96. The van der Waals surface area contributed by atoms with Crippen molar-refractivity contribution in [3.63, 3.8) is 0 Å². The highest BCUT2D eigenvalue weighted by molar-refractivity contribution is 7.89. The Kier molecular flexibility index (Phi) is 8.46. The molecular formula is C21H35N3O3S. The number of carbonyl (C=O) groups excluding carboxylic acids is 1. The fourth-order valence-corrected chi connectivity index (χ4v) is 5.53. The summed E-state index contributed by atoms with van der Waals surface area (Å²) in [6.07, 6.45) is 4.89. The molecule has 0 spiro atoms. The monoisotopic (exact) mass is 409 g/mol. The summed E-state index contributed by atoms with van der Waals surface area (Å²) in [5.41, 5.74) is 2.48. The van der Waals surface area contributed by atoms with E-state index in [0.29, 0.717) is 17.5 Å². The van der Waals surface area contributed by atoms with Crippen molar-refractivity contribution >= 4 is 15.9 Å². The fourth-order valence-electron chi connectivity index (χ4n) is 4.05. The molecular weight excluding hydrogens is 374 g/mol. The number of likely N-dealkylation sites (tertiary alicyclic amines) is 1. The Bertz CT molecular complexity index is 754. The summed E-state index contributed by atoms with van der Waals surface area (Å²) in [5.74, 6) is -0.119. The first kappa shape index (κ1) is 22.8. The number of benzene rings is 1.